The van der Waals surface area contributed by atoms with Crippen molar-refractivity contribution >= 4 is 5.97 Å². The average molecular weight is 737 g/mol. The van der Waals surface area contributed by atoms with E-state index in [0.29, 0.717) is 13.0 Å². The molecule has 1 atom stereocenters. The van der Waals surface area contributed by atoms with Gasteiger partial charge in [0.1, 0.15) is 6.10 Å². The summed E-state index contributed by atoms with van der Waals surface area (Å²) in [6, 6.07) is 0. The van der Waals surface area contributed by atoms with E-state index in [1.807, 2.05) is 0 Å². The molecule has 0 spiro atoms. The van der Waals surface area contributed by atoms with E-state index in [0.717, 1.165) is 64.2 Å². The summed E-state index contributed by atoms with van der Waals surface area (Å²) < 4.78 is 11.2. The summed E-state index contributed by atoms with van der Waals surface area (Å²) in [5.74, 6) is -0.211. The predicted octanol–water partition coefficient (Wildman–Crippen LogP) is 14.8. The van der Waals surface area contributed by atoms with E-state index >= 15 is 0 Å². The standard InChI is InChI=1S/C49H84O4/c1-3-5-7-9-11-13-15-17-19-21-23-24-25-26-27-28-30-32-34-36-38-40-42-44-49(51)53-48(46-50)47-52-45-43-41-39-37-35-33-31-29-22-20-18-16-14-12-10-8-6-4-2/h5-8,11-14,17-20,23-24,48,50H,3-4,9-10,15-16,21-22,25-47H2,1-2H3/b7-5-,8-6-,13-11-,14-12-,19-17-,20-18-,24-23-. The lowest BCUT2D eigenvalue weighted by atomic mass is 10.0. The van der Waals surface area contributed by atoms with Crippen molar-refractivity contribution < 1.29 is 19.4 Å². The summed E-state index contributed by atoms with van der Waals surface area (Å²) in [5.41, 5.74) is 0. The Bertz CT molecular complexity index is 954. The molecule has 0 amide bonds. The number of esters is 1. The van der Waals surface area contributed by atoms with Gasteiger partial charge in [-0.15, -0.1) is 0 Å². The van der Waals surface area contributed by atoms with Gasteiger partial charge in [-0.3, -0.25) is 4.79 Å². The third kappa shape index (κ3) is 43.9. The van der Waals surface area contributed by atoms with Crippen LogP contribution in [0.15, 0.2) is 85.1 Å². The Kier molecular flexibility index (Phi) is 43.6. The molecule has 4 nitrogen and oxygen atoms in total. The maximum Gasteiger partial charge on any atom is 0.306 e. The highest BCUT2D eigenvalue weighted by Gasteiger charge is 2.13. The number of aliphatic hydroxyl groups is 1. The van der Waals surface area contributed by atoms with Gasteiger partial charge in [0.2, 0.25) is 0 Å². The van der Waals surface area contributed by atoms with Crippen LogP contribution in [0.1, 0.15) is 194 Å². The van der Waals surface area contributed by atoms with Crippen molar-refractivity contribution in [2.24, 2.45) is 0 Å². The topological polar surface area (TPSA) is 55.8 Å². The highest BCUT2D eigenvalue weighted by atomic mass is 16.6. The number of ether oxygens (including phenoxy) is 2. The first-order chi connectivity index (χ1) is 26.2. The van der Waals surface area contributed by atoms with Crippen LogP contribution < -0.4 is 0 Å². The van der Waals surface area contributed by atoms with E-state index in [4.69, 9.17) is 9.47 Å². The molecule has 1 unspecified atom stereocenters. The van der Waals surface area contributed by atoms with E-state index in [9.17, 15) is 9.90 Å². The van der Waals surface area contributed by atoms with Crippen molar-refractivity contribution in [3.05, 3.63) is 85.1 Å². The second-order valence-corrected chi connectivity index (χ2v) is 14.4. The predicted molar refractivity (Wildman–Crippen MR) is 232 cm³/mol. The SMILES string of the molecule is CC/C=C\C/C=C\C/C=C\C/C=C\CCCCCCCCCCCCC(=O)OC(CO)COCCCCCCCCCC/C=C\C/C=C\C/C=C\CC. The molecule has 0 rings (SSSR count). The molecular formula is C49H84O4. The van der Waals surface area contributed by atoms with E-state index in [1.165, 1.54) is 109 Å². The molecule has 0 heterocycles. The molecule has 0 fully saturated rings. The molecule has 0 aromatic heterocycles. The maximum atomic E-state index is 12.2. The van der Waals surface area contributed by atoms with Crippen molar-refractivity contribution in [3.63, 3.8) is 0 Å². The number of rotatable bonds is 40. The van der Waals surface area contributed by atoms with Crippen LogP contribution in [0.5, 0.6) is 0 Å². The summed E-state index contributed by atoms with van der Waals surface area (Å²) in [5, 5.41) is 9.62. The van der Waals surface area contributed by atoms with Crippen LogP contribution in [0.3, 0.4) is 0 Å². The van der Waals surface area contributed by atoms with Gasteiger partial charge in [-0.25, -0.2) is 0 Å². The molecule has 0 saturated heterocycles. The minimum Gasteiger partial charge on any atom is -0.457 e. The van der Waals surface area contributed by atoms with Crippen LogP contribution in [0, 0.1) is 0 Å². The fourth-order valence-corrected chi connectivity index (χ4v) is 5.98. The van der Waals surface area contributed by atoms with Gasteiger partial charge in [0, 0.05) is 13.0 Å². The van der Waals surface area contributed by atoms with Crippen molar-refractivity contribution in [2.75, 3.05) is 19.8 Å². The smallest absolute Gasteiger partial charge is 0.306 e. The first-order valence-corrected chi connectivity index (χ1v) is 22.2. The monoisotopic (exact) mass is 737 g/mol. The van der Waals surface area contributed by atoms with Gasteiger partial charge in [-0.05, 0) is 83.5 Å². The zero-order valence-corrected chi connectivity index (χ0v) is 34.8. The maximum absolute atomic E-state index is 12.2. The average Bonchev–Trinajstić information content (AvgIpc) is 3.16. The van der Waals surface area contributed by atoms with Gasteiger partial charge in [0.25, 0.3) is 0 Å². The van der Waals surface area contributed by atoms with Gasteiger partial charge >= 0.3 is 5.97 Å². The Labute approximate surface area is 329 Å². The summed E-state index contributed by atoms with van der Waals surface area (Å²) in [6.45, 7) is 5.10. The molecule has 0 aliphatic carbocycles. The second kappa shape index (κ2) is 45.7. The number of aliphatic hydroxyl groups excluding tert-OH is 1. The highest BCUT2D eigenvalue weighted by Crippen LogP contribution is 2.14. The Hall–Kier alpha value is -2.43. The van der Waals surface area contributed by atoms with Crippen molar-refractivity contribution in [2.45, 2.75) is 200 Å². The molecule has 53 heavy (non-hydrogen) atoms. The third-order valence-electron chi connectivity index (χ3n) is 9.22. The fourth-order valence-electron chi connectivity index (χ4n) is 5.98. The normalized spacial score (nSPS) is 13.2. The first-order valence-electron chi connectivity index (χ1n) is 22.2. The Morgan fingerprint density at radius 2 is 0.792 bits per heavy atom. The Morgan fingerprint density at radius 1 is 0.453 bits per heavy atom. The zero-order chi connectivity index (χ0) is 38.4. The first kappa shape index (κ1) is 50.6. The lowest BCUT2D eigenvalue weighted by Gasteiger charge is -2.16. The van der Waals surface area contributed by atoms with Crippen LogP contribution in [0.4, 0.5) is 0 Å². The summed E-state index contributed by atoms with van der Waals surface area (Å²) >= 11 is 0. The number of carbonyl (C=O) groups excluding carboxylic acids is 1. The quantitative estimate of drug-likeness (QED) is 0.0387. The molecule has 0 saturated carbocycles. The van der Waals surface area contributed by atoms with Gasteiger partial charge in [-0.1, -0.05) is 189 Å². The van der Waals surface area contributed by atoms with Crippen LogP contribution in [0.2, 0.25) is 0 Å². The van der Waals surface area contributed by atoms with Gasteiger partial charge < -0.3 is 14.6 Å². The van der Waals surface area contributed by atoms with Crippen molar-refractivity contribution in [1.29, 1.82) is 0 Å². The van der Waals surface area contributed by atoms with Crippen molar-refractivity contribution in [3.8, 4) is 0 Å². The highest BCUT2D eigenvalue weighted by molar-refractivity contribution is 5.69. The number of allylic oxidation sites excluding steroid dienone is 14. The molecule has 0 aromatic rings. The van der Waals surface area contributed by atoms with Crippen molar-refractivity contribution in [1.82, 2.24) is 0 Å². The Balaban J connectivity index is 3.47. The second-order valence-electron chi connectivity index (χ2n) is 14.4. The number of unbranched alkanes of at least 4 members (excludes halogenated alkanes) is 18. The zero-order valence-electron chi connectivity index (χ0n) is 34.8. The summed E-state index contributed by atoms with van der Waals surface area (Å²) in [6.07, 6.45) is 63.6. The molecular weight excluding hydrogens is 653 g/mol. The molecule has 0 bridgehead atoms. The van der Waals surface area contributed by atoms with E-state index in [1.54, 1.807) is 0 Å². The fraction of sp³-hybridized carbons (Fsp3) is 0.694. The number of hydrogen-bond donors (Lipinski definition) is 1. The molecule has 0 aliphatic heterocycles. The molecule has 4 heteroatoms. The largest absolute Gasteiger partial charge is 0.457 e. The number of carbonyl (C=O) groups is 1. The van der Waals surface area contributed by atoms with Gasteiger partial charge in [0.05, 0.1) is 13.2 Å². The van der Waals surface area contributed by atoms with E-state index in [2.05, 4.69) is 98.9 Å². The van der Waals surface area contributed by atoms with Gasteiger partial charge in [-0.2, -0.15) is 0 Å². The molecule has 1 N–H and O–H groups in total. The molecule has 0 aromatic carbocycles. The lowest BCUT2D eigenvalue weighted by Crippen LogP contribution is -2.27. The van der Waals surface area contributed by atoms with E-state index in [-0.39, 0.29) is 19.2 Å². The van der Waals surface area contributed by atoms with E-state index < -0.39 is 6.10 Å². The molecule has 304 valence electrons. The minimum absolute atomic E-state index is 0.181. The van der Waals surface area contributed by atoms with Gasteiger partial charge in [0.15, 0.2) is 0 Å². The summed E-state index contributed by atoms with van der Waals surface area (Å²) in [4.78, 5) is 12.2. The van der Waals surface area contributed by atoms with Crippen LogP contribution in [0.25, 0.3) is 0 Å². The van der Waals surface area contributed by atoms with Crippen LogP contribution in [-0.4, -0.2) is 37.0 Å². The number of hydrogen-bond acceptors (Lipinski definition) is 4. The minimum atomic E-state index is -0.546. The molecule has 0 radical (unpaired) electrons. The lowest BCUT2D eigenvalue weighted by molar-refractivity contribution is -0.154. The molecule has 0 aliphatic rings. The van der Waals surface area contributed by atoms with Crippen LogP contribution in [-0.2, 0) is 14.3 Å². The Morgan fingerprint density at radius 3 is 1.19 bits per heavy atom. The third-order valence-corrected chi connectivity index (χ3v) is 9.22. The van der Waals surface area contributed by atoms with Crippen LogP contribution >= 0.6 is 0 Å². The summed E-state index contributed by atoms with van der Waals surface area (Å²) in [7, 11) is 0.